The van der Waals surface area contributed by atoms with E-state index in [1.807, 2.05) is 6.92 Å². The van der Waals surface area contributed by atoms with Gasteiger partial charge in [-0.1, -0.05) is 6.58 Å². The number of hydrogen-bond donors (Lipinski definition) is 3. The number of nitrogens with zero attached hydrogens (tertiary/aromatic N) is 3. The number of piperidine rings is 1. The zero-order valence-electron chi connectivity index (χ0n) is 16.9. The van der Waals surface area contributed by atoms with Crippen LogP contribution in [0.5, 0.6) is 0 Å². The summed E-state index contributed by atoms with van der Waals surface area (Å²) in [6, 6.07) is -0.815. The number of amides is 2. The summed E-state index contributed by atoms with van der Waals surface area (Å²) in [6.07, 6.45) is 1.24. The number of carbonyl (C=O) groups is 2. The molecule has 166 valence electrons. The Morgan fingerprint density at radius 2 is 2.13 bits per heavy atom. The Morgan fingerprint density at radius 1 is 1.35 bits per heavy atom. The first-order chi connectivity index (χ1) is 14.7. The molecule has 1 aliphatic carbocycles. The molecule has 2 fully saturated rings. The Bertz CT molecular complexity index is 1020. The fourth-order valence-electron chi connectivity index (χ4n) is 4.05. The van der Waals surface area contributed by atoms with Crippen LogP contribution in [0.2, 0.25) is 0 Å². The van der Waals surface area contributed by atoms with Crippen LogP contribution in [-0.4, -0.2) is 62.5 Å². The summed E-state index contributed by atoms with van der Waals surface area (Å²) in [5.41, 5.74) is 0.816. The maximum absolute atomic E-state index is 12.7. The fourth-order valence-corrected chi connectivity index (χ4v) is 4.05. The number of halogens is 3. The van der Waals surface area contributed by atoms with E-state index in [2.05, 4.69) is 32.2 Å². The average molecular weight is 436 g/mol. The second kappa shape index (κ2) is 7.86. The second-order valence-corrected chi connectivity index (χ2v) is 8.07. The number of likely N-dealkylation sites (tertiary alicyclic amines) is 1. The molecule has 2 aromatic heterocycles. The highest BCUT2D eigenvalue weighted by atomic mass is 19.4. The number of hydrogen-bond acceptors (Lipinski definition) is 5. The Hall–Kier alpha value is -3.11. The van der Waals surface area contributed by atoms with Crippen molar-refractivity contribution in [3.05, 3.63) is 30.6 Å². The summed E-state index contributed by atoms with van der Waals surface area (Å²) in [7, 11) is 0. The molecule has 1 aliphatic heterocycles. The molecule has 3 heterocycles. The molecule has 4 rings (SSSR count). The number of fused-ring (bicyclic) bond motifs is 1. The Labute approximate surface area is 176 Å². The third-order valence-corrected chi connectivity index (χ3v) is 5.84. The minimum Gasteiger partial charge on any atom is -0.366 e. The average Bonchev–Trinajstić information content (AvgIpc) is 3.37. The van der Waals surface area contributed by atoms with Gasteiger partial charge in [0, 0.05) is 30.9 Å². The highest BCUT2D eigenvalue weighted by Gasteiger charge is 2.56. The number of anilines is 1. The first-order valence-corrected chi connectivity index (χ1v) is 10.1. The summed E-state index contributed by atoms with van der Waals surface area (Å²) in [5.74, 6) is -1.75. The lowest BCUT2D eigenvalue weighted by Gasteiger charge is -2.37. The summed E-state index contributed by atoms with van der Waals surface area (Å²) in [4.78, 5) is 37.7. The van der Waals surface area contributed by atoms with Crippen LogP contribution in [0.1, 0.15) is 36.5 Å². The van der Waals surface area contributed by atoms with E-state index in [9.17, 15) is 22.8 Å². The lowest BCUT2D eigenvalue weighted by molar-refractivity contribution is -0.148. The SMILES string of the molecule is C=CC(=O)N1CCC(Nc2cnc3[nH]cc(C(=O)NC4C[C@H]4C(F)(F)F)c3n2)CC1C. The maximum Gasteiger partial charge on any atom is 0.393 e. The molecule has 0 spiro atoms. The molecular weight excluding hydrogens is 413 g/mol. The van der Waals surface area contributed by atoms with Crippen LogP contribution in [0.15, 0.2) is 25.0 Å². The number of aromatic nitrogens is 3. The topological polar surface area (TPSA) is 103 Å². The molecular formula is C20H23F3N6O2. The predicted molar refractivity (Wildman–Crippen MR) is 107 cm³/mol. The zero-order chi connectivity index (χ0) is 22.3. The minimum atomic E-state index is -4.31. The number of H-pyrrole nitrogens is 1. The molecule has 1 saturated carbocycles. The summed E-state index contributed by atoms with van der Waals surface area (Å²) >= 11 is 0. The molecule has 3 unspecified atom stereocenters. The van der Waals surface area contributed by atoms with Gasteiger partial charge in [0.15, 0.2) is 5.65 Å². The van der Waals surface area contributed by atoms with Crippen molar-refractivity contribution in [1.82, 2.24) is 25.2 Å². The van der Waals surface area contributed by atoms with Gasteiger partial charge < -0.3 is 20.5 Å². The first-order valence-electron chi connectivity index (χ1n) is 10.1. The molecule has 2 aromatic rings. The van der Waals surface area contributed by atoms with Gasteiger partial charge in [-0.25, -0.2) is 9.97 Å². The maximum atomic E-state index is 12.7. The fraction of sp³-hybridized carbons (Fsp3) is 0.500. The molecule has 0 bridgehead atoms. The van der Waals surface area contributed by atoms with Crippen molar-refractivity contribution in [3.63, 3.8) is 0 Å². The van der Waals surface area contributed by atoms with Crippen molar-refractivity contribution in [2.75, 3.05) is 11.9 Å². The van der Waals surface area contributed by atoms with Gasteiger partial charge >= 0.3 is 6.18 Å². The highest BCUT2D eigenvalue weighted by Crippen LogP contribution is 2.44. The van der Waals surface area contributed by atoms with Crippen molar-refractivity contribution in [3.8, 4) is 0 Å². The van der Waals surface area contributed by atoms with Gasteiger partial charge in [0.2, 0.25) is 5.91 Å². The van der Waals surface area contributed by atoms with Gasteiger partial charge in [-0.3, -0.25) is 9.59 Å². The van der Waals surface area contributed by atoms with Crippen molar-refractivity contribution < 1.29 is 22.8 Å². The first kappa shape index (κ1) is 21.1. The van der Waals surface area contributed by atoms with Crippen molar-refractivity contribution in [2.24, 2.45) is 5.92 Å². The molecule has 8 nitrogen and oxygen atoms in total. The molecule has 31 heavy (non-hydrogen) atoms. The summed E-state index contributed by atoms with van der Waals surface area (Å²) in [5, 5.41) is 5.71. The van der Waals surface area contributed by atoms with Crippen LogP contribution >= 0.6 is 0 Å². The molecule has 1 saturated heterocycles. The van der Waals surface area contributed by atoms with E-state index in [1.54, 1.807) is 4.90 Å². The molecule has 2 amide bonds. The van der Waals surface area contributed by atoms with Gasteiger partial charge in [-0.2, -0.15) is 13.2 Å². The van der Waals surface area contributed by atoms with Gasteiger partial charge in [0.05, 0.1) is 17.7 Å². The Kier molecular flexibility index (Phi) is 5.36. The highest BCUT2D eigenvalue weighted by molar-refractivity contribution is 6.04. The number of aromatic amines is 1. The van der Waals surface area contributed by atoms with Gasteiger partial charge in [-0.15, -0.1) is 0 Å². The van der Waals surface area contributed by atoms with Crippen LogP contribution in [-0.2, 0) is 4.79 Å². The van der Waals surface area contributed by atoms with Gasteiger partial charge in [-0.05, 0) is 32.3 Å². The van der Waals surface area contributed by atoms with Gasteiger partial charge in [0.1, 0.15) is 11.3 Å². The quantitative estimate of drug-likeness (QED) is 0.626. The van der Waals surface area contributed by atoms with Gasteiger partial charge in [0.25, 0.3) is 5.91 Å². The molecule has 0 aromatic carbocycles. The van der Waals surface area contributed by atoms with E-state index in [0.29, 0.717) is 36.4 Å². The number of carbonyl (C=O) groups excluding carboxylic acids is 2. The third-order valence-electron chi connectivity index (χ3n) is 5.84. The molecule has 0 radical (unpaired) electrons. The summed E-state index contributed by atoms with van der Waals surface area (Å²) in [6.45, 7) is 6.07. The van der Waals surface area contributed by atoms with E-state index in [1.165, 1.54) is 18.5 Å². The lowest BCUT2D eigenvalue weighted by Crippen LogP contribution is -2.47. The monoisotopic (exact) mass is 436 g/mol. The largest absolute Gasteiger partial charge is 0.393 e. The van der Waals surface area contributed by atoms with Crippen molar-refractivity contribution >= 4 is 28.8 Å². The standard InChI is InChI=1S/C20H23F3N6O2/c1-3-16(30)29-5-4-11(6-10(29)2)26-15-9-25-18-17(28-15)12(8-24-18)19(31)27-14-7-13(14)20(21,22)23/h3,8-11,13-14H,1,4-7H2,2H3,(H,24,25)(H,26,28)(H,27,31)/t10?,11?,13-,14?/m1/s1. The minimum absolute atomic E-state index is 0.0298. The van der Waals surface area contributed by atoms with Crippen molar-refractivity contribution in [1.29, 1.82) is 0 Å². The second-order valence-electron chi connectivity index (χ2n) is 8.07. The van der Waals surface area contributed by atoms with E-state index in [-0.39, 0.29) is 30.0 Å². The number of rotatable bonds is 5. The molecule has 11 heteroatoms. The molecule has 2 aliphatic rings. The number of nitrogens with one attached hydrogen (secondary N) is 3. The van der Waals surface area contributed by atoms with Crippen LogP contribution in [0.25, 0.3) is 11.2 Å². The predicted octanol–water partition coefficient (Wildman–Crippen LogP) is 2.62. The van der Waals surface area contributed by atoms with E-state index >= 15 is 0 Å². The van der Waals surface area contributed by atoms with Crippen LogP contribution in [0.4, 0.5) is 19.0 Å². The zero-order valence-corrected chi connectivity index (χ0v) is 16.9. The summed E-state index contributed by atoms with van der Waals surface area (Å²) < 4.78 is 38.1. The number of alkyl halides is 3. The van der Waals surface area contributed by atoms with E-state index in [4.69, 9.17) is 0 Å². The normalized spacial score (nSPS) is 25.9. The van der Waals surface area contributed by atoms with Crippen LogP contribution in [0.3, 0.4) is 0 Å². The Morgan fingerprint density at radius 3 is 2.77 bits per heavy atom. The smallest absolute Gasteiger partial charge is 0.366 e. The molecule has 4 atom stereocenters. The Balaban J connectivity index is 1.43. The van der Waals surface area contributed by atoms with E-state index in [0.717, 1.165) is 0 Å². The lowest BCUT2D eigenvalue weighted by atomic mass is 9.98. The van der Waals surface area contributed by atoms with Crippen molar-refractivity contribution in [2.45, 2.75) is 50.5 Å². The third kappa shape index (κ3) is 4.35. The van der Waals surface area contributed by atoms with Crippen LogP contribution < -0.4 is 10.6 Å². The van der Waals surface area contributed by atoms with Crippen LogP contribution in [0, 0.1) is 5.92 Å². The van der Waals surface area contributed by atoms with E-state index < -0.39 is 24.0 Å². The molecule has 3 N–H and O–H groups in total.